The van der Waals surface area contributed by atoms with E-state index in [1.807, 2.05) is 28.1 Å². The van der Waals surface area contributed by atoms with Gasteiger partial charge in [-0.15, -0.1) is 23.7 Å². The van der Waals surface area contributed by atoms with Gasteiger partial charge in [0.05, 0.1) is 12.1 Å². The predicted molar refractivity (Wildman–Crippen MR) is 125 cm³/mol. The highest BCUT2D eigenvalue weighted by Crippen LogP contribution is 2.32. The molecule has 0 aliphatic carbocycles. The lowest BCUT2D eigenvalue weighted by Crippen LogP contribution is -2.17. The van der Waals surface area contributed by atoms with E-state index in [0.29, 0.717) is 30.4 Å². The number of nitrogens with one attached hydrogen (secondary N) is 1. The molecule has 0 spiro atoms. The fourth-order valence-corrected chi connectivity index (χ4v) is 4.36. The Morgan fingerprint density at radius 1 is 1.10 bits per heavy atom. The molecule has 0 saturated carbocycles. The van der Waals surface area contributed by atoms with Crippen LogP contribution in [0.1, 0.15) is 16.8 Å². The number of anilines is 1. The first-order valence-electron chi connectivity index (χ1n) is 9.79. The maximum atomic E-state index is 12.6. The maximum absolute atomic E-state index is 12.6. The topological polar surface area (TPSA) is 64.9 Å². The Kier molecular flexibility index (Phi) is 5.89. The molecule has 0 unspecified atom stereocenters. The van der Waals surface area contributed by atoms with Gasteiger partial charge in [-0.1, -0.05) is 12.1 Å². The Morgan fingerprint density at radius 3 is 2.71 bits per heavy atom. The van der Waals surface area contributed by atoms with E-state index < -0.39 is 0 Å². The number of hydrogen-bond acceptors (Lipinski definition) is 5. The van der Waals surface area contributed by atoms with Crippen molar-refractivity contribution in [2.45, 2.75) is 20.3 Å². The number of aryl methyl sites for hydroxylation is 2. The van der Waals surface area contributed by atoms with E-state index in [9.17, 15) is 4.79 Å². The van der Waals surface area contributed by atoms with Gasteiger partial charge < -0.3 is 14.8 Å². The number of amides is 1. The Balaban J connectivity index is 0.00000231. The molecule has 4 aromatic rings. The van der Waals surface area contributed by atoms with Gasteiger partial charge >= 0.3 is 0 Å². The third-order valence-corrected chi connectivity index (χ3v) is 6.14. The minimum atomic E-state index is -0.0900. The molecule has 0 fully saturated rings. The molecular weight excluding hydrogens is 434 g/mol. The van der Waals surface area contributed by atoms with Crippen LogP contribution in [-0.4, -0.2) is 28.5 Å². The van der Waals surface area contributed by atoms with Gasteiger partial charge in [0.1, 0.15) is 13.2 Å². The molecule has 0 radical (unpaired) electrons. The van der Waals surface area contributed by atoms with E-state index in [1.165, 1.54) is 22.5 Å². The van der Waals surface area contributed by atoms with E-state index in [4.69, 9.17) is 14.5 Å². The molecule has 2 aromatic carbocycles. The standard InChI is InChI=1S/C23H21N3O3S.ClH/c1-14-3-4-16(9-15(14)2)19-12-26-18(13-30-23(26)25-19)11-22(27)24-17-5-6-20-21(10-17)29-8-7-28-20;/h3-6,9-10,12-13H,7-8,11H2,1-2H3,(H,24,27);1H. The zero-order valence-electron chi connectivity index (χ0n) is 17.2. The van der Waals surface area contributed by atoms with Crippen molar-refractivity contribution in [2.75, 3.05) is 18.5 Å². The molecule has 0 saturated heterocycles. The van der Waals surface area contributed by atoms with Gasteiger partial charge in [-0.25, -0.2) is 4.98 Å². The molecule has 1 amide bonds. The molecule has 1 aliphatic rings. The first-order chi connectivity index (χ1) is 14.6. The summed E-state index contributed by atoms with van der Waals surface area (Å²) in [4.78, 5) is 18.3. The first-order valence-corrected chi connectivity index (χ1v) is 10.7. The second-order valence-electron chi connectivity index (χ2n) is 7.39. The van der Waals surface area contributed by atoms with Gasteiger partial charge in [0.25, 0.3) is 0 Å². The van der Waals surface area contributed by atoms with Crippen molar-refractivity contribution in [3.63, 3.8) is 0 Å². The summed E-state index contributed by atoms with van der Waals surface area (Å²) < 4.78 is 13.1. The van der Waals surface area contributed by atoms with E-state index in [2.05, 4.69) is 37.4 Å². The number of ether oxygens (including phenoxy) is 2. The third kappa shape index (κ3) is 4.24. The monoisotopic (exact) mass is 455 g/mol. The van der Waals surface area contributed by atoms with Crippen molar-refractivity contribution in [3.05, 3.63) is 64.8 Å². The molecule has 160 valence electrons. The van der Waals surface area contributed by atoms with Crippen LogP contribution >= 0.6 is 23.7 Å². The van der Waals surface area contributed by atoms with Crippen molar-refractivity contribution in [3.8, 4) is 22.8 Å². The zero-order chi connectivity index (χ0) is 20.7. The maximum Gasteiger partial charge on any atom is 0.230 e. The summed E-state index contributed by atoms with van der Waals surface area (Å²) in [5.74, 6) is 1.27. The number of carbonyl (C=O) groups is 1. The highest BCUT2D eigenvalue weighted by molar-refractivity contribution is 7.15. The van der Waals surface area contributed by atoms with E-state index in [1.54, 1.807) is 6.07 Å². The summed E-state index contributed by atoms with van der Waals surface area (Å²) >= 11 is 1.54. The summed E-state index contributed by atoms with van der Waals surface area (Å²) in [7, 11) is 0. The molecule has 31 heavy (non-hydrogen) atoms. The van der Waals surface area contributed by atoms with Crippen LogP contribution in [0, 0.1) is 13.8 Å². The van der Waals surface area contributed by atoms with E-state index in [0.717, 1.165) is 21.9 Å². The van der Waals surface area contributed by atoms with Crippen LogP contribution in [-0.2, 0) is 11.2 Å². The third-order valence-electron chi connectivity index (χ3n) is 5.25. The van der Waals surface area contributed by atoms with Crippen LogP contribution in [0.5, 0.6) is 11.5 Å². The van der Waals surface area contributed by atoms with Crippen molar-refractivity contribution >= 4 is 40.3 Å². The van der Waals surface area contributed by atoms with Gasteiger partial charge in [0.2, 0.25) is 5.91 Å². The lowest BCUT2D eigenvalue weighted by atomic mass is 10.0. The molecule has 3 heterocycles. The molecule has 1 N–H and O–H groups in total. The number of halogens is 1. The summed E-state index contributed by atoms with van der Waals surface area (Å²) in [6.45, 7) is 5.26. The van der Waals surface area contributed by atoms with Gasteiger partial charge in [0.15, 0.2) is 16.5 Å². The molecule has 5 rings (SSSR count). The number of imidazole rings is 1. The van der Waals surface area contributed by atoms with E-state index >= 15 is 0 Å². The Morgan fingerprint density at radius 2 is 1.90 bits per heavy atom. The first kappa shape index (κ1) is 21.2. The molecule has 6 nitrogen and oxygen atoms in total. The van der Waals surface area contributed by atoms with Crippen LogP contribution < -0.4 is 14.8 Å². The lowest BCUT2D eigenvalue weighted by molar-refractivity contribution is -0.115. The van der Waals surface area contributed by atoms with Crippen LogP contribution in [0.4, 0.5) is 5.69 Å². The normalized spacial score (nSPS) is 12.5. The van der Waals surface area contributed by atoms with Crippen molar-refractivity contribution in [1.82, 2.24) is 9.38 Å². The summed E-state index contributed by atoms with van der Waals surface area (Å²) in [6, 6.07) is 11.8. The second kappa shape index (κ2) is 8.61. The molecule has 8 heteroatoms. The second-order valence-corrected chi connectivity index (χ2v) is 8.22. The molecule has 0 bridgehead atoms. The van der Waals surface area contributed by atoms with Crippen LogP contribution in [0.3, 0.4) is 0 Å². The number of hydrogen-bond donors (Lipinski definition) is 1. The average molecular weight is 456 g/mol. The fourth-order valence-electron chi connectivity index (χ4n) is 3.49. The van der Waals surface area contributed by atoms with Crippen molar-refractivity contribution in [2.24, 2.45) is 0 Å². The van der Waals surface area contributed by atoms with Crippen molar-refractivity contribution < 1.29 is 14.3 Å². The quantitative estimate of drug-likeness (QED) is 0.467. The smallest absolute Gasteiger partial charge is 0.230 e. The number of fused-ring (bicyclic) bond motifs is 2. The Labute approximate surface area is 190 Å². The highest BCUT2D eigenvalue weighted by Gasteiger charge is 2.15. The number of benzene rings is 2. The summed E-state index contributed by atoms with van der Waals surface area (Å²) in [5.41, 5.74) is 6.10. The minimum absolute atomic E-state index is 0. The fraction of sp³-hybridized carbons (Fsp3) is 0.217. The molecule has 1 aliphatic heterocycles. The molecule has 2 aromatic heterocycles. The lowest BCUT2D eigenvalue weighted by Gasteiger charge is -2.19. The van der Waals surface area contributed by atoms with Gasteiger partial charge in [-0.2, -0.15) is 0 Å². The zero-order valence-corrected chi connectivity index (χ0v) is 18.8. The van der Waals surface area contributed by atoms with Gasteiger partial charge in [0, 0.05) is 34.6 Å². The van der Waals surface area contributed by atoms with Gasteiger partial charge in [-0.3, -0.25) is 9.20 Å². The summed E-state index contributed by atoms with van der Waals surface area (Å²) in [5, 5.41) is 4.93. The summed E-state index contributed by atoms with van der Waals surface area (Å²) in [6.07, 6.45) is 2.26. The highest BCUT2D eigenvalue weighted by atomic mass is 35.5. The predicted octanol–water partition coefficient (Wildman–Crippen LogP) is 5.05. The minimum Gasteiger partial charge on any atom is -0.486 e. The van der Waals surface area contributed by atoms with E-state index in [-0.39, 0.29) is 24.7 Å². The SMILES string of the molecule is Cc1ccc(-c2cn3c(CC(=O)Nc4ccc5c(c4)OCCO5)csc3n2)cc1C.Cl. The Bertz CT molecular complexity index is 1260. The van der Waals surface area contributed by atoms with Crippen LogP contribution in [0.25, 0.3) is 16.2 Å². The van der Waals surface area contributed by atoms with Gasteiger partial charge in [-0.05, 0) is 43.2 Å². The number of carbonyl (C=O) groups excluding carboxylic acids is 1. The van der Waals surface area contributed by atoms with Crippen LogP contribution in [0.2, 0.25) is 0 Å². The number of nitrogens with zero attached hydrogens (tertiary/aromatic N) is 2. The Hall–Kier alpha value is -3.03. The van der Waals surface area contributed by atoms with Crippen molar-refractivity contribution in [1.29, 1.82) is 0 Å². The molecule has 0 atom stereocenters. The number of aromatic nitrogens is 2. The largest absolute Gasteiger partial charge is 0.486 e. The average Bonchev–Trinajstić information content (AvgIpc) is 3.32. The number of thiazole rings is 1. The molecular formula is C23H22ClN3O3S. The van der Waals surface area contributed by atoms with Crippen LogP contribution in [0.15, 0.2) is 48.0 Å². The number of rotatable bonds is 4.